The first-order chi connectivity index (χ1) is 19.6. The standard InChI is InChI=1S/C29H25FN8O2/c1-39-20-9-16(8-18(30)11-20)22-14-33-15-25-26(22)36-29(35-25)28-27-24(37-38-28)3-2-23(34-27)17-10-21(13-32-12-17)40-19-4-6-31-7-5-19/h2-3,8-15,19,31H,4-7H2,1H3,(H,35,36)(H,37,38). The van der Waals surface area contributed by atoms with Gasteiger partial charge in [0.1, 0.15) is 28.9 Å². The summed E-state index contributed by atoms with van der Waals surface area (Å²) >= 11 is 0. The highest BCUT2D eigenvalue weighted by Crippen LogP contribution is 2.33. The number of imidazole rings is 1. The third kappa shape index (κ3) is 4.50. The molecule has 6 aromatic rings. The number of aromatic amines is 2. The third-order valence-electron chi connectivity index (χ3n) is 7.04. The van der Waals surface area contributed by atoms with Gasteiger partial charge in [0.2, 0.25) is 0 Å². The van der Waals surface area contributed by atoms with E-state index in [1.165, 1.54) is 19.2 Å². The van der Waals surface area contributed by atoms with Gasteiger partial charge in [-0.05, 0) is 61.8 Å². The van der Waals surface area contributed by atoms with Crippen molar-refractivity contribution >= 4 is 22.1 Å². The number of rotatable bonds is 6. The van der Waals surface area contributed by atoms with Gasteiger partial charge >= 0.3 is 0 Å². The maximum Gasteiger partial charge on any atom is 0.161 e. The van der Waals surface area contributed by atoms with Crippen LogP contribution in [0.4, 0.5) is 4.39 Å². The number of pyridine rings is 3. The summed E-state index contributed by atoms with van der Waals surface area (Å²) in [6.45, 7) is 1.91. The predicted octanol–water partition coefficient (Wildman–Crippen LogP) is 4.90. The number of piperidine rings is 1. The van der Waals surface area contributed by atoms with Crippen LogP contribution >= 0.6 is 0 Å². The molecule has 0 unspecified atom stereocenters. The van der Waals surface area contributed by atoms with E-state index in [0.717, 1.165) is 48.5 Å². The molecule has 7 rings (SSSR count). The smallest absolute Gasteiger partial charge is 0.161 e. The second kappa shape index (κ2) is 10.0. The van der Waals surface area contributed by atoms with Gasteiger partial charge in [0.25, 0.3) is 0 Å². The molecule has 0 aliphatic carbocycles. The van der Waals surface area contributed by atoms with Crippen LogP contribution in [0.5, 0.6) is 11.5 Å². The SMILES string of the molecule is COc1cc(F)cc(-c2cncc3[nH]c(-c4n[nH]c5ccc(-c6cncc(OC7CCNCC7)c6)nc45)nc23)c1. The van der Waals surface area contributed by atoms with Gasteiger partial charge in [-0.2, -0.15) is 5.10 Å². The predicted molar refractivity (Wildman–Crippen MR) is 148 cm³/mol. The Kier molecular flexibility index (Phi) is 6.05. The van der Waals surface area contributed by atoms with Gasteiger partial charge in [-0.15, -0.1) is 0 Å². The van der Waals surface area contributed by atoms with Crippen molar-refractivity contribution in [1.29, 1.82) is 0 Å². The number of methoxy groups -OCH3 is 1. The van der Waals surface area contributed by atoms with Crippen molar-refractivity contribution in [2.45, 2.75) is 18.9 Å². The van der Waals surface area contributed by atoms with E-state index in [1.807, 2.05) is 18.2 Å². The molecular formula is C29H25FN8O2. The first kappa shape index (κ1) is 24.2. The molecule has 0 radical (unpaired) electrons. The van der Waals surface area contributed by atoms with Gasteiger partial charge in [-0.3, -0.25) is 15.1 Å². The third-order valence-corrected chi connectivity index (χ3v) is 7.04. The second-order valence-corrected chi connectivity index (χ2v) is 9.69. The van der Waals surface area contributed by atoms with Crippen molar-refractivity contribution in [3.8, 4) is 45.4 Å². The van der Waals surface area contributed by atoms with Crippen LogP contribution in [0.3, 0.4) is 0 Å². The van der Waals surface area contributed by atoms with Crippen molar-refractivity contribution in [2.24, 2.45) is 0 Å². The van der Waals surface area contributed by atoms with E-state index < -0.39 is 5.82 Å². The molecule has 40 heavy (non-hydrogen) atoms. The van der Waals surface area contributed by atoms with Crippen molar-refractivity contribution in [1.82, 2.24) is 40.4 Å². The highest BCUT2D eigenvalue weighted by molar-refractivity contribution is 5.96. The van der Waals surface area contributed by atoms with Crippen molar-refractivity contribution < 1.29 is 13.9 Å². The summed E-state index contributed by atoms with van der Waals surface area (Å²) in [5, 5.41) is 10.9. The number of aromatic nitrogens is 7. The van der Waals surface area contributed by atoms with E-state index in [-0.39, 0.29) is 6.10 Å². The number of benzene rings is 1. The molecule has 0 atom stereocenters. The molecule has 0 amide bonds. The normalized spacial score (nSPS) is 14.2. The quantitative estimate of drug-likeness (QED) is 0.274. The lowest BCUT2D eigenvalue weighted by molar-refractivity contribution is 0.162. The minimum absolute atomic E-state index is 0.176. The largest absolute Gasteiger partial charge is 0.497 e. The van der Waals surface area contributed by atoms with Gasteiger partial charge in [0.15, 0.2) is 11.5 Å². The minimum Gasteiger partial charge on any atom is -0.497 e. The Morgan fingerprint density at radius 3 is 2.58 bits per heavy atom. The summed E-state index contributed by atoms with van der Waals surface area (Å²) in [7, 11) is 1.50. The average Bonchev–Trinajstić information content (AvgIpc) is 3.61. The van der Waals surface area contributed by atoms with Crippen LogP contribution in [0.15, 0.2) is 61.2 Å². The molecule has 1 aromatic carbocycles. The number of fused-ring (bicyclic) bond motifs is 2. The molecule has 3 N–H and O–H groups in total. The monoisotopic (exact) mass is 536 g/mol. The molecule has 0 saturated carbocycles. The Labute approximate surface area is 228 Å². The zero-order chi connectivity index (χ0) is 27.1. The molecule has 6 heterocycles. The van der Waals surface area contributed by atoms with Gasteiger partial charge in [0, 0.05) is 29.6 Å². The summed E-state index contributed by atoms with van der Waals surface area (Å²) in [5.41, 5.74) is 6.17. The number of ether oxygens (including phenoxy) is 2. The van der Waals surface area contributed by atoms with Crippen LogP contribution in [0.1, 0.15) is 12.8 Å². The number of halogens is 1. The highest BCUT2D eigenvalue weighted by atomic mass is 19.1. The molecule has 200 valence electrons. The lowest BCUT2D eigenvalue weighted by Gasteiger charge is -2.23. The Bertz CT molecular complexity index is 1840. The molecule has 10 nitrogen and oxygen atoms in total. The fourth-order valence-electron chi connectivity index (χ4n) is 5.05. The maximum absolute atomic E-state index is 14.3. The van der Waals surface area contributed by atoms with Gasteiger partial charge < -0.3 is 19.8 Å². The number of nitrogens with zero attached hydrogens (tertiary/aromatic N) is 5. The molecule has 0 spiro atoms. The summed E-state index contributed by atoms with van der Waals surface area (Å²) in [6, 6.07) is 10.3. The zero-order valence-electron chi connectivity index (χ0n) is 21.6. The Balaban J connectivity index is 1.26. The first-order valence-corrected chi connectivity index (χ1v) is 13.0. The van der Waals surface area contributed by atoms with E-state index in [2.05, 4.69) is 30.5 Å². The molecule has 1 aliphatic heterocycles. The van der Waals surface area contributed by atoms with E-state index in [0.29, 0.717) is 44.9 Å². The first-order valence-electron chi connectivity index (χ1n) is 13.0. The summed E-state index contributed by atoms with van der Waals surface area (Å²) < 4.78 is 25.7. The minimum atomic E-state index is -0.406. The Morgan fingerprint density at radius 1 is 0.850 bits per heavy atom. The molecule has 1 saturated heterocycles. The van der Waals surface area contributed by atoms with Gasteiger partial charge in [-0.25, -0.2) is 14.4 Å². The highest BCUT2D eigenvalue weighted by Gasteiger charge is 2.19. The molecular weight excluding hydrogens is 511 g/mol. The molecule has 1 fully saturated rings. The van der Waals surface area contributed by atoms with E-state index in [4.69, 9.17) is 19.4 Å². The van der Waals surface area contributed by atoms with E-state index in [9.17, 15) is 4.39 Å². The van der Waals surface area contributed by atoms with E-state index >= 15 is 0 Å². The van der Waals surface area contributed by atoms with Crippen LogP contribution in [-0.2, 0) is 0 Å². The lowest BCUT2D eigenvalue weighted by atomic mass is 10.1. The molecule has 0 bridgehead atoms. The lowest BCUT2D eigenvalue weighted by Crippen LogP contribution is -2.34. The Morgan fingerprint density at radius 2 is 1.70 bits per heavy atom. The topological polar surface area (TPSA) is 127 Å². The second-order valence-electron chi connectivity index (χ2n) is 9.69. The van der Waals surface area contributed by atoms with Crippen molar-refractivity contribution in [2.75, 3.05) is 20.2 Å². The van der Waals surface area contributed by atoms with Crippen LogP contribution in [0, 0.1) is 5.82 Å². The van der Waals surface area contributed by atoms with Gasteiger partial charge in [0.05, 0.1) is 41.7 Å². The van der Waals surface area contributed by atoms with Crippen molar-refractivity contribution in [3.63, 3.8) is 0 Å². The summed E-state index contributed by atoms with van der Waals surface area (Å²) in [6.07, 6.45) is 8.96. The number of nitrogens with one attached hydrogen (secondary N) is 3. The summed E-state index contributed by atoms with van der Waals surface area (Å²) in [4.78, 5) is 21.8. The number of hydrogen-bond acceptors (Lipinski definition) is 8. The van der Waals surface area contributed by atoms with Crippen LogP contribution in [0.25, 0.3) is 56.0 Å². The van der Waals surface area contributed by atoms with Crippen LogP contribution in [-0.4, -0.2) is 61.4 Å². The van der Waals surface area contributed by atoms with Crippen LogP contribution < -0.4 is 14.8 Å². The fourth-order valence-corrected chi connectivity index (χ4v) is 5.05. The maximum atomic E-state index is 14.3. The molecule has 11 heteroatoms. The van der Waals surface area contributed by atoms with Gasteiger partial charge in [-0.1, -0.05) is 0 Å². The average molecular weight is 537 g/mol. The fraction of sp³-hybridized carbons (Fsp3) is 0.207. The van der Waals surface area contributed by atoms with Crippen LogP contribution in [0.2, 0.25) is 0 Å². The van der Waals surface area contributed by atoms with E-state index in [1.54, 1.807) is 30.9 Å². The zero-order valence-corrected chi connectivity index (χ0v) is 21.6. The number of hydrogen-bond donors (Lipinski definition) is 3. The molecule has 5 aromatic heterocycles. The molecule has 1 aliphatic rings. The number of H-pyrrole nitrogens is 2. The van der Waals surface area contributed by atoms with Crippen molar-refractivity contribution in [3.05, 3.63) is 67.0 Å². The Hall–Kier alpha value is -4.90. The summed E-state index contributed by atoms with van der Waals surface area (Å²) in [5.74, 6) is 1.25.